The number of amides is 1. The number of nitrogens with zero attached hydrogens (tertiary/aromatic N) is 4. The Morgan fingerprint density at radius 3 is 2.86 bits per heavy atom. The quantitative estimate of drug-likeness (QED) is 0.842. The van der Waals surface area contributed by atoms with Gasteiger partial charge in [0.1, 0.15) is 0 Å². The van der Waals surface area contributed by atoms with Crippen molar-refractivity contribution in [3.8, 4) is 11.4 Å². The molecule has 0 spiro atoms. The number of hydrogen-bond acceptors (Lipinski definition) is 5. The first-order chi connectivity index (χ1) is 10.1. The van der Waals surface area contributed by atoms with Gasteiger partial charge in [-0.25, -0.2) is 0 Å². The van der Waals surface area contributed by atoms with Crippen molar-refractivity contribution in [3.05, 3.63) is 29.8 Å². The average Bonchev–Trinajstić information content (AvgIpc) is 2.96. The highest BCUT2D eigenvalue weighted by atomic mass is 16.4. The van der Waals surface area contributed by atoms with E-state index in [1.807, 2.05) is 0 Å². The van der Waals surface area contributed by atoms with Gasteiger partial charge >= 0.3 is 5.97 Å². The van der Waals surface area contributed by atoms with Crippen LogP contribution >= 0.6 is 0 Å². The Bertz CT molecular complexity index is 664. The van der Waals surface area contributed by atoms with Crippen molar-refractivity contribution in [1.29, 1.82) is 0 Å². The predicted octanol–water partition coefficient (Wildman–Crippen LogP) is 0.413. The lowest BCUT2D eigenvalue weighted by molar-refractivity contribution is -0.139. The van der Waals surface area contributed by atoms with E-state index in [-0.39, 0.29) is 18.2 Å². The number of aromatic amines is 1. The molecule has 0 aliphatic carbocycles. The van der Waals surface area contributed by atoms with Gasteiger partial charge in [0.05, 0.1) is 6.42 Å². The van der Waals surface area contributed by atoms with Crippen molar-refractivity contribution in [3.63, 3.8) is 0 Å². The second kappa shape index (κ2) is 5.31. The number of aromatic nitrogens is 4. The molecule has 1 aromatic heterocycles. The Kier molecular flexibility index (Phi) is 3.35. The van der Waals surface area contributed by atoms with Crippen molar-refractivity contribution >= 4 is 11.9 Å². The Labute approximate surface area is 119 Å². The smallest absolute Gasteiger partial charge is 0.303 e. The SMILES string of the molecule is O=C(O)CC1CN(C(=O)c2cccc(-c3nn[nH]n3)c2)C1. The minimum Gasteiger partial charge on any atom is -0.481 e. The third-order valence-corrected chi connectivity index (χ3v) is 3.42. The minimum absolute atomic E-state index is 0.0480. The summed E-state index contributed by atoms with van der Waals surface area (Å²) in [5.74, 6) is -0.461. The molecule has 0 atom stereocenters. The number of carbonyl (C=O) groups excluding carboxylic acids is 1. The molecule has 0 saturated carbocycles. The van der Waals surface area contributed by atoms with E-state index in [1.165, 1.54) is 0 Å². The van der Waals surface area contributed by atoms with Gasteiger partial charge in [-0.15, -0.1) is 10.2 Å². The van der Waals surface area contributed by atoms with E-state index in [0.717, 1.165) is 0 Å². The Hall–Kier alpha value is -2.77. The summed E-state index contributed by atoms with van der Waals surface area (Å²) in [6.45, 7) is 0.967. The summed E-state index contributed by atoms with van der Waals surface area (Å²) in [4.78, 5) is 24.5. The van der Waals surface area contributed by atoms with Gasteiger partial charge in [0.15, 0.2) is 0 Å². The molecule has 1 saturated heterocycles. The molecule has 1 aliphatic rings. The van der Waals surface area contributed by atoms with E-state index in [1.54, 1.807) is 29.2 Å². The topological polar surface area (TPSA) is 112 Å². The summed E-state index contributed by atoms with van der Waals surface area (Å²) in [5, 5.41) is 22.3. The average molecular weight is 287 g/mol. The molecular formula is C13H13N5O3. The zero-order valence-corrected chi connectivity index (χ0v) is 11.1. The molecule has 108 valence electrons. The lowest BCUT2D eigenvalue weighted by Gasteiger charge is -2.38. The number of benzene rings is 1. The van der Waals surface area contributed by atoms with Crippen LogP contribution < -0.4 is 0 Å². The largest absolute Gasteiger partial charge is 0.481 e. The zero-order valence-electron chi connectivity index (χ0n) is 11.1. The number of likely N-dealkylation sites (tertiary alicyclic amines) is 1. The van der Waals surface area contributed by atoms with E-state index >= 15 is 0 Å². The summed E-state index contributed by atoms with van der Waals surface area (Å²) in [6, 6.07) is 6.98. The number of tetrazole rings is 1. The molecule has 2 heterocycles. The molecule has 8 nitrogen and oxygen atoms in total. The maximum absolute atomic E-state index is 12.3. The minimum atomic E-state index is -0.828. The highest BCUT2D eigenvalue weighted by Gasteiger charge is 2.32. The van der Waals surface area contributed by atoms with Crippen LogP contribution in [0, 0.1) is 5.92 Å². The lowest BCUT2D eigenvalue weighted by atomic mass is 9.95. The summed E-state index contributed by atoms with van der Waals surface area (Å²) in [5.41, 5.74) is 1.24. The lowest BCUT2D eigenvalue weighted by Crippen LogP contribution is -2.50. The maximum atomic E-state index is 12.3. The van der Waals surface area contributed by atoms with Crippen molar-refractivity contribution < 1.29 is 14.7 Å². The summed E-state index contributed by atoms with van der Waals surface area (Å²) < 4.78 is 0. The van der Waals surface area contributed by atoms with Crippen LogP contribution in [0.3, 0.4) is 0 Å². The summed E-state index contributed by atoms with van der Waals surface area (Å²) in [7, 11) is 0. The first kappa shape index (κ1) is 13.2. The second-order valence-corrected chi connectivity index (χ2v) is 4.99. The Morgan fingerprint density at radius 2 is 2.19 bits per heavy atom. The molecule has 0 unspecified atom stereocenters. The van der Waals surface area contributed by atoms with E-state index in [4.69, 9.17) is 5.11 Å². The van der Waals surface area contributed by atoms with Crippen LogP contribution in [-0.2, 0) is 4.79 Å². The standard InChI is InChI=1S/C13H13N5O3/c19-11(20)4-8-6-18(7-8)13(21)10-3-1-2-9(5-10)12-14-16-17-15-12/h1-3,5,8H,4,6-7H2,(H,19,20)(H,14,15,16,17). The van der Waals surface area contributed by atoms with Crippen molar-refractivity contribution in [2.24, 2.45) is 5.92 Å². The van der Waals surface area contributed by atoms with E-state index in [9.17, 15) is 9.59 Å². The molecule has 8 heteroatoms. The van der Waals surface area contributed by atoms with Crippen molar-refractivity contribution in [2.75, 3.05) is 13.1 Å². The molecule has 1 aliphatic heterocycles. The van der Waals surface area contributed by atoms with Crippen LogP contribution in [0.1, 0.15) is 16.8 Å². The number of nitrogens with one attached hydrogen (secondary N) is 1. The normalized spacial score (nSPS) is 14.8. The number of rotatable bonds is 4. The molecule has 1 fully saturated rings. The van der Waals surface area contributed by atoms with Gasteiger partial charge in [0.2, 0.25) is 5.82 Å². The van der Waals surface area contributed by atoms with Crippen molar-refractivity contribution in [2.45, 2.75) is 6.42 Å². The number of aliphatic carboxylic acids is 1. The molecule has 1 aromatic carbocycles. The number of carboxylic acids is 1. The highest BCUT2D eigenvalue weighted by Crippen LogP contribution is 2.23. The van der Waals surface area contributed by atoms with Crippen LogP contribution in [0.25, 0.3) is 11.4 Å². The van der Waals surface area contributed by atoms with E-state index in [2.05, 4.69) is 20.6 Å². The molecular weight excluding hydrogens is 274 g/mol. The molecule has 3 rings (SSSR count). The predicted molar refractivity (Wildman–Crippen MR) is 71.3 cm³/mol. The fraction of sp³-hybridized carbons (Fsp3) is 0.308. The van der Waals surface area contributed by atoms with E-state index in [0.29, 0.717) is 30.0 Å². The van der Waals surface area contributed by atoms with Crippen LogP contribution in [0.5, 0.6) is 0 Å². The third kappa shape index (κ3) is 2.73. The number of H-pyrrole nitrogens is 1. The zero-order chi connectivity index (χ0) is 14.8. The summed E-state index contributed by atoms with van der Waals surface area (Å²) in [6.07, 6.45) is 0.104. The number of carboxylic acid groups (broad SMARTS) is 1. The maximum Gasteiger partial charge on any atom is 0.303 e. The van der Waals surface area contributed by atoms with Gasteiger partial charge in [-0.05, 0) is 17.3 Å². The van der Waals surface area contributed by atoms with Crippen LogP contribution in [0.4, 0.5) is 0 Å². The van der Waals surface area contributed by atoms with Gasteiger partial charge in [-0.2, -0.15) is 5.21 Å². The van der Waals surface area contributed by atoms with Crippen molar-refractivity contribution in [1.82, 2.24) is 25.5 Å². The number of hydrogen-bond donors (Lipinski definition) is 2. The van der Waals surface area contributed by atoms with Gasteiger partial charge in [-0.1, -0.05) is 12.1 Å². The van der Waals surface area contributed by atoms with E-state index < -0.39 is 5.97 Å². The molecule has 0 bridgehead atoms. The van der Waals surface area contributed by atoms with Crippen LogP contribution in [0.15, 0.2) is 24.3 Å². The Balaban J connectivity index is 1.69. The molecule has 2 N–H and O–H groups in total. The molecule has 0 radical (unpaired) electrons. The third-order valence-electron chi connectivity index (χ3n) is 3.42. The molecule has 2 aromatic rings. The van der Waals surface area contributed by atoms with Gasteiger partial charge < -0.3 is 10.0 Å². The highest BCUT2D eigenvalue weighted by molar-refractivity contribution is 5.95. The first-order valence-electron chi connectivity index (χ1n) is 6.48. The molecule has 1 amide bonds. The Morgan fingerprint density at radius 1 is 1.38 bits per heavy atom. The number of carbonyl (C=O) groups is 2. The van der Waals surface area contributed by atoms with Gasteiger partial charge in [0, 0.05) is 30.1 Å². The first-order valence-corrected chi connectivity index (χ1v) is 6.48. The molecule has 21 heavy (non-hydrogen) atoms. The monoisotopic (exact) mass is 287 g/mol. The van der Waals surface area contributed by atoms with Gasteiger partial charge in [-0.3, -0.25) is 9.59 Å². The van der Waals surface area contributed by atoms with Crippen LogP contribution in [0.2, 0.25) is 0 Å². The fourth-order valence-corrected chi connectivity index (χ4v) is 2.37. The fourth-order valence-electron chi connectivity index (χ4n) is 2.37. The van der Waals surface area contributed by atoms with Crippen LogP contribution in [-0.4, -0.2) is 55.6 Å². The van der Waals surface area contributed by atoms with Gasteiger partial charge in [0.25, 0.3) is 5.91 Å². The summed E-state index contributed by atoms with van der Waals surface area (Å²) >= 11 is 0. The second-order valence-electron chi connectivity index (χ2n) is 4.99.